The van der Waals surface area contributed by atoms with E-state index in [0.29, 0.717) is 16.6 Å². The van der Waals surface area contributed by atoms with E-state index in [1.807, 2.05) is 0 Å². The van der Waals surface area contributed by atoms with Gasteiger partial charge in [0, 0.05) is 6.10 Å². The van der Waals surface area contributed by atoms with Crippen LogP contribution in [0.5, 0.6) is 0 Å². The van der Waals surface area contributed by atoms with Crippen LogP contribution in [-0.2, 0) is 4.43 Å². The fraction of sp³-hybridized carbons (Fsp3) is 1.00. The van der Waals surface area contributed by atoms with Crippen molar-refractivity contribution in [1.82, 2.24) is 0 Å². The SMILES string of the molecule is CC1(O)CC[C@@H]2[C@@H]3CC[C@@H]4C[C@@H](O[Si](C)(C)C(C)(C)C)CC[C@]4(C)[C@@H]3CC[C@@]21C. The van der Waals surface area contributed by atoms with E-state index < -0.39 is 13.9 Å². The molecule has 0 heterocycles. The van der Waals surface area contributed by atoms with Gasteiger partial charge in [-0.15, -0.1) is 0 Å². The van der Waals surface area contributed by atoms with E-state index in [2.05, 4.69) is 54.6 Å². The Bertz CT molecular complexity index is 635. The van der Waals surface area contributed by atoms with Crippen LogP contribution >= 0.6 is 0 Å². The highest BCUT2D eigenvalue weighted by molar-refractivity contribution is 6.74. The highest BCUT2D eigenvalue weighted by Gasteiger charge is 2.63. The molecule has 3 heteroatoms. The van der Waals surface area contributed by atoms with Gasteiger partial charge in [-0.05, 0) is 117 Å². The molecule has 168 valence electrons. The maximum absolute atomic E-state index is 11.1. The zero-order valence-electron chi connectivity index (χ0n) is 20.6. The van der Waals surface area contributed by atoms with E-state index >= 15 is 0 Å². The van der Waals surface area contributed by atoms with Crippen LogP contribution in [0.1, 0.15) is 99.3 Å². The molecule has 4 aliphatic rings. The third-order valence-corrected chi connectivity index (χ3v) is 16.0. The molecule has 0 aromatic heterocycles. The van der Waals surface area contributed by atoms with E-state index in [4.69, 9.17) is 4.43 Å². The lowest BCUT2D eigenvalue weighted by Gasteiger charge is -2.62. The average Bonchev–Trinajstić information content (AvgIpc) is 2.84. The van der Waals surface area contributed by atoms with Gasteiger partial charge in [-0.2, -0.15) is 0 Å². The van der Waals surface area contributed by atoms with Gasteiger partial charge in [-0.3, -0.25) is 0 Å². The summed E-state index contributed by atoms with van der Waals surface area (Å²) in [6, 6.07) is 0. The van der Waals surface area contributed by atoms with Crippen molar-refractivity contribution in [3.05, 3.63) is 0 Å². The quantitative estimate of drug-likeness (QED) is 0.480. The standard InChI is InChI=1S/C26H48O2Si/c1-23(2,3)29(7,8)28-19-11-14-24(4)18(17-19)9-10-20-21(24)12-15-25(5)22(20)13-16-26(25,6)27/h18-22,27H,9-17H2,1-8H3/t18-,19+,20-,21-,22-,24+,25+,26?/m1/s1. The lowest BCUT2D eigenvalue weighted by atomic mass is 9.44. The first-order valence-electron chi connectivity index (χ1n) is 12.6. The number of hydrogen-bond acceptors (Lipinski definition) is 2. The minimum absolute atomic E-state index is 0.153. The zero-order chi connectivity index (χ0) is 21.5. The molecule has 1 unspecified atom stereocenters. The molecule has 0 bridgehead atoms. The third-order valence-electron chi connectivity index (χ3n) is 11.4. The molecule has 0 spiro atoms. The summed E-state index contributed by atoms with van der Waals surface area (Å²) in [6.45, 7) is 19.1. The summed E-state index contributed by atoms with van der Waals surface area (Å²) in [5.41, 5.74) is 0.209. The Morgan fingerprint density at radius 3 is 2.17 bits per heavy atom. The molecule has 4 saturated carbocycles. The molecule has 2 nitrogen and oxygen atoms in total. The molecule has 4 rings (SSSR count). The molecule has 4 fully saturated rings. The first kappa shape index (κ1) is 22.3. The van der Waals surface area contributed by atoms with E-state index in [-0.39, 0.29) is 5.41 Å². The number of fused-ring (bicyclic) bond motifs is 5. The molecule has 0 amide bonds. The zero-order valence-corrected chi connectivity index (χ0v) is 21.6. The molecule has 0 aromatic carbocycles. The molecule has 0 aliphatic heterocycles. The Morgan fingerprint density at radius 1 is 0.862 bits per heavy atom. The molecule has 1 N–H and O–H groups in total. The summed E-state index contributed by atoms with van der Waals surface area (Å²) in [7, 11) is -1.68. The smallest absolute Gasteiger partial charge is 0.192 e. The monoisotopic (exact) mass is 420 g/mol. The first-order chi connectivity index (χ1) is 13.2. The van der Waals surface area contributed by atoms with Crippen LogP contribution in [0.4, 0.5) is 0 Å². The molecular formula is C26H48O2Si. The van der Waals surface area contributed by atoms with E-state index in [1.54, 1.807) is 0 Å². The van der Waals surface area contributed by atoms with Crippen molar-refractivity contribution in [3.63, 3.8) is 0 Å². The number of rotatable bonds is 2. The van der Waals surface area contributed by atoms with Gasteiger partial charge >= 0.3 is 0 Å². The van der Waals surface area contributed by atoms with Crippen molar-refractivity contribution in [2.45, 2.75) is 129 Å². The van der Waals surface area contributed by atoms with Crippen molar-refractivity contribution in [2.75, 3.05) is 0 Å². The van der Waals surface area contributed by atoms with Crippen LogP contribution < -0.4 is 0 Å². The summed E-state index contributed by atoms with van der Waals surface area (Å²) in [6.07, 6.45) is 12.0. The Labute approximate surface area is 181 Å². The van der Waals surface area contributed by atoms with Gasteiger partial charge in [-0.1, -0.05) is 34.6 Å². The molecule has 8 atom stereocenters. The molecule has 0 aromatic rings. The summed E-state index contributed by atoms with van der Waals surface area (Å²) in [5.74, 6) is 3.32. The summed E-state index contributed by atoms with van der Waals surface area (Å²) in [5, 5.41) is 11.4. The van der Waals surface area contributed by atoms with Gasteiger partial charge in [0.05, 0.1) is 5.60 Å². The minimum atomic E-state index is -1.68. The highest BCUT2D eigenvalue weighted by atomic mass is 28.4. The van der Waals surface area contributed by atoms with Crippen molar-refractivity contribution >= 4 is 8.32 Å². The van der Waals surface area contributed by atoms with E-state index in [1.165, 1.54) is 51.4 Å². The topological polar surface area (TPSA) is 29.5 Å². The number of hydrogen-bond donors (Lipinski definition) is 1. The van der Waals surface area contributed by atoms with Gasteiger partial charge in [0.15, 0.2) is 8.32 Å². The normalized spacial score (nSPS) is 50.6. The lowest BCUT2D eigenvalue weighted by Crippen LogP contribution is -2.57. The average molecular weight is 421 g/mol. The van der Waals surface area contributed by atoms with Crippen molar-refractivity contribution in [3.8, 4) is 0 Å². The lowest BCUT2D eigenvalue weighted by molar-refractivity contribution is -0.152. The highest BCUT2D eigenvalue weighted by Crippen LogP contribution is 2.68. The van der Waals surface area contributed by atoms with Crippen LogP contribution in [0.15, 0.2) is 0 Å². The molecule has 0 saturated heterocycles. The second kappa shape index (κ2) is 6.82. The van der Waals surface area contributed by atoms with Gasteiger partial charge in [0.1, 0.15) is 0 Å². The van der Waals surface area contributed by atoms with Crippen LogP contribution in [0.2, 0.25) is 18.1 Å². The van der Waals surface area contributed by atoms with Gasteiger partial charge in [0.25, 0.3) is 0 Å². The maximum atomic E-state index is 11.1. The Balaban J connectivity index is 1.49. The van der Waals surface area contributed by atoms with Gasteiger partial charge in [0.2, 0.25) is 0 Å². The largest absolute Gasteiger partial charge is 0.414 e. The summed E-state index contributed by atoms with van der Waals surface area (Å²) in [4.78, 5) is 0. The van der Waals surface area contributed by atoms with Crippen LogP contribution in [0, 0.1) is 34.5 Å². The Kier molecular flexibility index (Phi) is 5.25. The van der Waals surface area contributed by atoms with Crippen LogP contribution in [0.25, 0.3) is 0 Å². The Hall–Kier alpha value is 0.137. The van der Waals surface area contributed by atoms with Crippen LogP contribution in [0.3, 0.4) is 0 Å². The molecule has 0 radical (unpaired) electrons. The van der Waals surface area contributed by atoms with Crippen molar-refractivity contribution < 1.29 is 9.53 Å². The summed E-state index contributed by atoms with van der Waals surface area (Å²) >= 11 is 0. The fourth-order valence-electron chi connectivity index (χ4n) is 8.16. The predicted octanol–water partition coefficient (Wildman–Crippen LogP) is 7.17. The van der Waals surface area contributed by atoms with Crippen LogP contribution in [-0.4, -0.2) is 25.1 Å². The van der Waals surface area contributed by atoms with Crippen molar-refractivity contribution in [1.29, 1.82) is 0 Å². The second-order valence-corrected chi connectivity index (χ2v) is 18.5. The number of aliphatic hydroxyl groups is 1. The molecule has 4 aliphatic carbocycles. The van der Waals surface area contributed by atoms with Gasteiger partial charge in [-0.25, -0.2) is 0 Å². The third kappa shape index (κ3) is 3.32. The maximum Gasteiger partial charge on any atom is 0.192 e. The minimum Gasteiger partial charge on any atom is -0.414 e. The second-order valence-electron chi connectivity index (χ2n) is 13.7. The van der Waals surface area contributed by atoms with E-state index in [0.717, 1.165) is 30.1 Å². The fourth-order valence-corrected chi connectivity index (χ4v) is 9.56. The predicted molar refractivity (Wildman–Crippen MR) is 124 cm³/mol. The van der Waals surface area contributed by atoms with Gasteiger partial charge < -0.3 is 9.53 Å². The van der Waals surface area contributed by atoms with E-state index in [9.17, 15) is 5.11 Å². The Morgan fingerprint density at radius 2 is 1.52 bits per heavy atom. The van der Waals surface area contributed by atoms with Crippen molar-refractivity contribution in [2.24, 2.45) is 34.5 Å². The molecular weight excluding hydrogens is 372 g/mol. The first-order valence-corrected chi connectivity index (χ1v) is 15.5. The molecule has 29 heavy (non-hydrogen) atoms. The summed E-state index contributed by atoms with van der Waals surface area (Å²) < 4.78 is 6.89.